The molecule has 0 spiro atoms. The third kappa shape index (κ3) is 4.53. The third-order valence-corrected chi connectivity index (χ3v) is 3.76. The number of carbonyl (C=O) groups is 1. The van der Waals surface area contributed by atoms with E-state index in [1.54, 1.807) is 0 Å². The summed E-state index contributed by atoms with van der Waals surface area (Å²) >= 11 is 0. The third-order valence-electron chi connectivity index (χ3n) is 3.76. The van der Waals surface area contributed by atoms with Gasteiger partial charge in [0, 0.05) is 24.9 Å². The minimum Gasteiger partial charge on any atom is -0.396 e. The van der Waals surface area contributed by atoms with E-state index in [-0.39, 0.29) is 12.5 Å². The van der Waals surface area contributed by atoms with Crippen LogP contribution in [0.25, 0.3) is 0 Å². The maximum Gasteiger partial charge on any atom is 0.239 e. The Hall–Kier alpha value is -1.55. The summed E-state index contributed by atoms with van der Waals surface area (Å²) in [6.45, 7) is 1.20. The smallest absolute Gasteiger partial charge is 0.239 e. The fourth-order valence-electron chi connectivity index (χ4n) is 2.72. The summed E-state index contributed by atoms with van der Waals surface area (Å²) in [5, 5.41) is 12.1. The zero-order valence-corrected chi connectivity index (χ0v) is 11.9. The lowest BCUT2D eigenvalue weighted by Crippen LogP contribution is -2.41. The largest absolute Gasteiger partial charge is 0.396 e. The summed E-state index contributed by atoms with van der Waals surface area (Å²) in [7, 11) is 0. The Morgan fingerprint density at radius 3 is 2.60 bits per heavy atom. The fourth-order valence-corrected chi connectivity index (χ4v) is 2.72. The summed E-state index contributed by atoms with van der Waals surface area (Å²) in [6.07, 6.45) is 5.32. The van der Waals surface area contributed by atoms with Crippen LogP contribution < -0.4 is 10.2 Å². The molecule has 20 heavy (non-hydrogen) atoms. The lowest BCUT2D eigenvalue weighted by molar-refractivity contribution is -0.120. The topological polar surface area (TPSA) is 52.6 Å². The zero-order valence-electron chi connectivity index (χ0n) is 11.9. The molecule has 2 rings (SSSR count). The highest BCUT2D eigenvalue weighted by Crippen LogP contribution is 2.18. The molecular formula is C16H24N2O2. The standard InChI is InChI=1S/C16H24N2O2/c19-12-6-11-18(15-9-2-1-3-10-15)13-16(20)17-14-7-4-5-8-14/h1-3,9-10,14,19H,4-8,11-13H2,(H,17,20). The second kappa shape index (κ2) is 7.90. The average molecular weight is 276 g/mol. The van der Waals surface area contributed by atoms with Crippen molar-refractivity contribution in [3.05, 3.63) is 30.3 Å². The number of nitrogens with zero attached hydrogens (tertiary/aromatic N) is 1. The Morgan fingerprint density at radius 1 is 1.25 bits per heavy atom. The van der Waals surface area contributed by atoms with Gasteiger partial charge in [-0.25, -0.2) is 0 Å². The van der Waals surface area contributed by atoms with E-state index >= 15 is 0 Å². The molecule has 1 aromatic carbocycles. The van der Waals surface area contributed by atoms with Crippen molar-refractivity contribution in [2.75, 3.05) is 24.6 Å². The van der Waals surface area contributed by atoms with Gasteiger partial charge in [-0.05, 0) is 31.4 Å². The number of para-hydroxylation sites is 1. The van der Waals surface area contributed by atoms with Crippen LogP contribution in [0, 0.1) is 0 Å². The van der Waals surface area contributed by atoms with Gasteiger partial charge in [-0.2, -0.15) is 0 Å². The van der Waals surface area contributed by atoms with Crippen LogP contribution in [0.3, 0.4) is 0 Å². The van der Waals surface area contributed by atoms with Gasteiger partial charge >= 0.3 is 0 Å². The van der Waals surface area contributed by atoms with Crippen molar-refractivity contribution in [3.8, 4) is 0 Å². The van der Waals surface area contributed by atoms with E-state index in [9.17, 15) is 4.79 Å². The van der Waals surface area contributed by atoms with Gasteiger partial charge in [-0.1, -0.05) is 31.0 Å². The first kappa shape index (κ1) is 14.9. The summed E-state index contributed by atoms with van der Waals surface area (Å²) in [5.41, 5.74) is 1.03. The van der Waals surface area contributed by atoms with Crippen LogP contribution in [0.2, 0.25) is 0 Å². The minimum atomic E-state index is 0.0821. The number of nitrogens with one attached hydrogen (secondary N) is 1. The first-order valence-electron chi connectivity index (χ1n) is 7.50. The molecule has 0 unspecified atom stereocenters. The number of aliphatic hydroxyl groups excluding tert-OH is 1. The van der Waals surface area contributed by atoms with E-state index in [2.05, 4.69) is 5.32 Å². The molecule has 0 saturated heterocycles. The molecule has 1 saturated carbocycles. The van der Waals surface area contributed by atoms with Gasteiger partial charge in [0.05, 0.1) is 6.54 Å². The SMILES string of the molecule is O=C(CN(CCCO)c1ccccc1)NC1CCCC1. The van der Waals surface area contributed by atoms with Gasteiger partial charge < -0.3 is 15.3 Å². The van der Waals surface area contributed by atoms with E-state index in [0.717, 1.165) is 18.5 Å². The van der Waals surface area contributed by atoms with E-state index in [4.69, 9.17) is 5.11 Å². The van der Waals surface area contributed by atoms with Crippen molar-refractivity contribution >= 4 is 11.6 Å². The van der Waals surface area contributed by atoms with Crippen LogP contribution in [0.15, 0.2) is 30.3 Å². The maximum absolute atomic E-state index is 12.1. The van der Waals surface area contributed by atoms with Crippen molar-refractivity contribution in [1.29, 1.82) is 0 Å². The van der Waals surface area contributed by atoms with Crippen LogP contribution in [0.1, 0.15) is 32.1 Å². The van der Waals surface area contributed by atoms with Gasteiger partial charge in [0.2, 0.25) is 5.91 Å². The molecule has 4 nitrogen and oxygen atoms in total. The number of rotatable bonds is 7. The fraction of sp³-hybridized carbons (Fsp3) is 0.562. The summed E-state index contributed by atoms with van der Waals surface area (Å²) in [5.74, 6) is 0.0821. The Morgan fingerprint density at radius 2 is 1.95 bits per heavy atom. The second-order valence-electron chi connectivity index (χ2n) is 5.38. The number of carbonyl (C=O) groups excluding carboxylic acids is 1. The van der Waals surface area contributed by atoms with E-state index < -0.39 is 0 Å². The molecule has 0 heterocycles. The number of hydrogen-bond acceptors (Lipinski definition) is 3. The van der Waals surface area contributed by atoms with Gasteiger partial charge in [0.1, 0.15) is 0 Å². The monoisotopic (exact) mass is 276 g/mol. The summed E-state index contributed by atoms with van der Waals surface area (Å²) in [4.78, 5) is 14.2. The van der Waals surface area contributed by atoms with Crippen molar-refractivity contribution < 1.29 is 9.90 Å². The van der Waals surface area contributed by atoms with Crippen LogP contribution in [-0.4, -0.2) is 36.8 Å². The summed E-state index contributed by atoms with van der Waals surface area (Å²) in [6, 6.07) is 10.3. The predicted octanol–water partition coefficient (Wildman–Crippen LogP) is 1.93. The lowest BCUT2D eigenvalue weighted by Gasteiger charge is -2.25. The highest BCUT2D eigenvalue weighted by atomic mass is 16.3. The predicted molar refractivity (Wildman–Crippen MR) is 80.8 cm³/mol. The highest BCUT2D eigenvalue weighted by Gasteiger charge is 2.18. The van der Waals surface area contributed by atoms with Crippen LogP contribution in [-0.2, 0) is 4.79 Å². The number of hydrogen-bond donors (Lipinski definition) is 2. The molecule has 4 heteroatoms. The maximum atomic E-state index is 12.1. The molecule has 2 N–H and O–H groups in total. The van der Waals surface area contributed by atoms with Crippen molar-refractivity contribution in [2.45, 2.75) is 38.1 Å². The van der Waals surface area contributed by atoms with Gasteiger partial charge in [0.25, 0.3) is 0 Å². The number of aliphatic hydroxyl groups is 1. The number of anilines is 1. The van der Waals surface area contributed by atoms with Crippen LogP contribution in [0.4, 0.5) is 5.69 Å². The number of benzene rings is 1. The normalized spacial score (nSPS) is 15.2. The summed E-state index contributed by atoms with van der Waals surface area (Å²) < 4.78 is 0. The molecule has 0 radical (unpaired) electrons. The number of amides is 1. The Bertz CT molecular complexity index is 402. The second-order valence-corrected chi connectivity index (χ2v) is 5.38. The average Bonchev–Trinajstić information content (AvgIpc) is 2.97. The molecule has 110 valence electrons. The molecule has 1 aromatic rings. The Kier molecular flexibility index (Phi) is 5.87. The van der Waals surface area contributed by atoms with Gasteiger partial charge in [0.15, 0.2) is 0 Å². The molecule has 0 aliphatic heterocycles. The first-order valence-corrected chi connectivity index (χ1v) is 7.50. The van der Waals surface area contributed by atoms with Crippen LogP contribution >= 0.6 is 0 Å². The van der Waals surface area contributed by atoms with E-state index in [1.807, 2.05) is 35.2 Å². The van der Waals surface area contributed by atoms with Crippen LogP contribution in [0.5, 0.6) is 0 Å². The molecule has 0 atom stereocenters. The van der Waals surface area contributed by atoms with Crippen molar-refractivity contribution in [3.63, 3.8) is 0 Å². The molecule has 0 aromatic heterocycles. The molecule has 0 bridgehead atoms. The highest BCUT2D eigenvalue weighted by molar-refractivity contribution is 5.81. The zero-order chi connectivity index (χ0) is 14.2. The Balaban J connectivity index is 1.91. The lowest BCUT2D eigenvalue weighted by atomic mass is 10.2. The molecule has 1 amide bonds. The molecule has 1 aliphatic rings. The van der Waals surface area contributed by atoms with E-state index in [1.165, 1.54) is 12.8 Å². The van der Waals surface area contributed by atoms with Gasteiger partial charge in [-0.15, -0.1) is 0 Å². The van der Waals surface area contributed by atoms with Crippen molar-refractivity contribution in [2.24, 2.45) is 0 Å². The van der Waals surface area contributed by atoms with Gasteiger partial charge in [-0.3, -0.25) is 4.79 Å². The molecule has 1 fully saturated rings. The van der Waals surface area contributed by atoms with E-state index in [0.29, 0.717) is 25.6 Å². The quantitative estimate of drug-likeness (QED) is 0.800. The Labute approximate surface area is 120 Å². The minimum absolute atomic E-state index is 0.0821. The van der Waals surface area contributed by atoms with Crippen molar-refractivity contribution in [1.82, 2.24) is 5.32 Å². The molecular weight excluding hydrogens is 252 g/mol. The first-order chi connectivity index (χ1) is 9.79. The molecule has 1 aliphatic carbocycles.